The monoisotopic (exact) mass is 503 g/mol. The molecule has 8 nitrogen and oxygen atoms in total. The summed E-state index contributed by atoms with van der Waals surface area (Å²) in [5.41, 5.74) is 1.65. The maximum Gasteiger partial charge on any atom is 0.409 e. The zero-order chi connectivity index (χ0) is 19.6. The molecule has 1 fully saturated rings. The van der Waals surface area contributed by atoms with E-state index in [1.807, 2.05) is 25.1 Å². The van der Waals surface area contributed by atoms with E-state index in [4.69, 9.17) is 4.74 Å². The van der Waals surface area contributed by atoms with Gasteiger partial charge in [-0.1, -0.05) is 12.1 Å². The van der Waals surface area contributed by atoms with Crippen molar-refractivity contribution in [2.75, 3.05) is 46.4 Å². The third-order valence-corrected chi connectivity index (χ3v) is 4.29. The molecule has 0 aromatic heterocycles. The van der Waals surface area contributed by atoms with Crippen LogP contribution in [0.2, 0.25) is 0 Å². The first-order chi connectivity index (χ1) is 13.1. The quantitative estimate of drug-likeness (QED) is 0.364. The summed E-state index contributed by atoms with van der Waals surface area (Å²) in [7, 11) is 1.74. The summed E-state index contributed by atoms with van der Waals surface area (Å²) >= 11 is 0. The molecule has 0 atom stereocenters. The van der Waals surface area contributed by atoms with Gasteiger partial charge >= 0.3 is 6.09 Å². The van der Waals surface area contributed by atoms with E-state index in [9.17, 15) is 9.59 Å². The largest absolute Gasteiger partial charge is 0.450 e. The van der Waals surface area contributed by atoms with Crippen molar-refractivity contribution in [2.24, 2.45) is 4.99 Å². The second kappa shape index (κ2) is 12.4. The van der Waals surface area contributed by atoms with E-state index in [1.54, 1.807) is 24.9 Å². The number of carbonyl (C=O) groups excluding carboxylic acids is 2. The Morgan fingerprint density at radius 2 is 1.79 bits per heavy atom. The van der Waals surface area contributed by atoms with Crippen LogP contribution in [0.4, 0.5) is 4.79 Å². The molecule has 1 heterocycles. The number of guanidine groups is 1. The summed E-state index contributed by atoms with van der Waals surface area (Å²) < 4.78 is 5.05. The summed E-state index contributed by atoms with van der Waals surface area (Å²) in [6.45, 7) is 7.85. The first-order valence-corrected chi connectivity index (χ1v) is 9.33. The smallest absolute Gasteiger partial charge is 0.409 e. The van der Waals surface area contributed by atoms with Gasteiger partial charge in [-0.25, -0.2) is 4.79 Å². The molecule has 9 heteroatoms. The minimum atomic E-state index is -0.262. The molecule has 2 rings (SSSR count). The first kappa shape index (κ1) is 24.0. The Kier molecular flexibility index (Phi) is 10.6. The van der Waals surface area contributed by atoms with Gasteiger partial charge in [0.1, 0.15) is 0 Å². The first-order valence-electron chi connectivity index (χ1n) is 9.33. The summed E-state index contributed by atoms with van der Waals surface area (Å²) in [6.07, 6.45) is -0.262. The van der Waals surface area contributed by atoms with Gasteiger partial charge in [-0.3, -0.25) is 9.79 Å². The van der Waals surface area contributed by atoms with Crippen molar-refractivity contribution in [2.45, 2.75) is 20.4 Å². The molecule has 0 saturated carbocycles. The van der Waals surface area contributed by atoms with Gasteiger partial charge in [0.15, 0.2) is 5.96 Å². The Balaban J connectivity index is 0.00000392. The third-order valence-electron chi connectivity index (χ3n) is 4.29. The molecule has 0 unspecified atom stereocenters. The van der Waals surface area contributed by atoms with Crippen LogP contribution in [0.5, 0.6) is 0 Å². The van der Waals surface area contributed by atoms with Gasteiger partial charge in [0, 0.05) is 51.9 Å². The van der Waals surface area contributed by atoms with Crippen LogP contribution in [-0.2, 0) is 11.3 Å². The van der Waals surface area contributed by atoms with Gasteiger partial charge in [-0.2, -0.15) is 0 Å². The zero-order valence-corrected chi connectivity index (χ0v) is 19.1. The summed E-state index contributed by atoms with van der Waals surface area (Å²) in [4.78, 5) is 31.9. The fourth-order valence-corrected chi connectivity index (χ4v) is 2.91. The van der Waals surface area contributed by atoms with E-state index >= 15 is 0 Å². The van der Waals surface area contributed by atoms with E-state index in [0.29, 0.717) is 51.4 Å². The van der Waals surface area contributed by atoms with Crippen molar-refractivity contribution in [3.8, 4) is 0 Å². The number of piperazine rings is 1. The molecule has 0 radical (unpaired) electrons. The van der Waals surface area contributed by atoms with Crippen molar-refractivity contribution < 1.29 is 14.3 Å². The molecular formula is C19H30IN5O3. The number of ether oxygens (including phenoxy) is 1. The summed E-state index contributed by atoms with van der Waals surface area (Å²) in [6, 6.07) is 7.53. The molecule has 2 amide bonds. The fraction of sp³-hybridized carbons (Fsp3) is 0.526. The second-order valence-corrected chi connectivity index (χ2v) is 6.13. The van der Waals surface area contributed by atoms with Crippen molar-refractivity contribution in [1.29, 1.82) is 0 Å². The lowest BCUT2D eigenvalue weighted by atomic mass is 10.1. The zero-order valence-electron chi connectivity index (χ0n) is 16.7. The Labute approximate surface area is 183 Å². The van der Waals surface area contributed by atoms with E-state index in [0.717, 1.165) is 11.5 Å². The van der Waals surface area contributed by atoms with Crippen LogP contribution in [0.15, 0.2) is 29.3 Å². The number of hydrogen-bond donors (Lipinski definition) is 2. The standard InChI is InChI=1S/C19H29N5O3.HI/c1-4-21-17(25)16-8-6-7-15(13-16)14-22-18(20-3)23-9-11-24(12-10-23)19(26)27-5-2;/h6-8,13H,4-5,9-12,14H2,1-3H3,(H,20,22)(H,21,25);1H. The van der Waals surface area contributed by atoms with E-state index in [-0.39, 0.29) is 36.0 Å². The van der Waals surface area contributed by atoms with Crippen LogP contribution in [-0.4, -0.2) is 74.1 Å². The molecule has 1 saturated heterocycles. The maximum absolute atomic E-state index is 12.0. The lowest BCUT2D eigenvalue weighted by Gasteiger charge is -2.35. The average molecular weight is 503 g/mol. The van der Waals surface area contributed by atoms with Crippen molar-refractivity contribution in [3.63, 3.8) is 0 Å². The van der Waals surface area contributed by atoms with Gasteiger partial charge in [0.05, 0.1) is 6.61 Å². The molecule has 1 aromatic carbocycles. The minimum absolute atomic E-state index is 0. The topological polar surface area (TPSA) is 86.3 Å². The molecule has 2 N–H and O–H groups in total. The second-order valence-electron chi connectivity index (χ2n) is 6.13. The number of amides is 2. The van der Waals surface area contributed by atoms with E-state index in [2.05, 4.69) is 20.5 Å². The summed E-state index contributed by atoms with van der Waals surface area (Å²) in [5, 5.41) is 6.14. The number of halogens is 1. The Morgan fingerprint density at radius 1 is 1.11 bits per heavy atom. The third kappa shape index (κ3) is 6.84. The Bertz CT molecular complexity index is 675. The lowest BCUT2D eigenvalue weighted by molar-refractivity contribution is 0.0913. The normalized spacial score (nSPS) is 14.2. The Hall–Kier alpha value is -2.04. The fourth-order valence-electron chi connectivity index (χ4n) is 2.91. The highest BCUT2D eigenvalue weighted by molar-refractivity contribution is 14.0. The molecular weight excluding hydrogens is 473 g/mol. The van der Waals surface area contributed by atoms with E-state index in [1.165, 1.54) is 0 Å². The molecule has 1 aromatic rings. The number of benzene rings is 1. The predicted octanol–water partition coefficient (Wildman–Crippen LogP) is 1.90. The van der Waals surface area contributed by atoms with Gasteiger partial charge < -0.3 is 25.2 Å². The molecule has 28 heavy (non-hydrogen) atoms. The van der Waals surface area contributed by atoms with Crippen molar-refractivity contribution in [3.05, 3.63) is 35.4 Å². The van der Waals surface area contributed by atoms with Gasteiger partial charge in [0.2, 0.25) is 0 Å². The van der Waals surface area contributed by atoms with Crippen LogP contribution in [0.25, 0.3) is 0 Å². The average Bonchev–Trinajstić information content (AvgIpc) is 2.69. The lowest BCUT2D eigenvalue weighted by Crippen LogP contribution is -2.53. The molecule has 1 aliphatic rings. The van der Waals surface area contributed by atoms with Crippen LogP contribution >= 0.6 is 24.0 Å². The van der Waals surface area contributed by atoms with Crippen LogP contribution in [0, 0.1) is 0 Å². The molecule has 0 aliphatic carbocycles. The van der Waals surface area contributed by atoms with Crippen LogP contribution < -0.4 is 10.6 Å². The molecule has 0 spiro atoms. The van der Waals surface area contributed by atoms with Crippen molar-refractivity contribution in [1.82, 2.24) is 20.4 Å². The van der Waals surface area contributed by atoms with Gasteiger partial charge in [0.25, 0.3) is 5.91 Å². The molecule has 1 aliphatic heterocycles. The van der Waals surface area contributed by atoms with Crippen LogP contribution in [0.3, 0.4) is 0 Å². The summed E-state index contributed by atoms with van der Waals surface area (Å²) in [5.74, 6) is 0.709. The number of aliphatic imine (C=N–C) groups is 1. The highest BCUT2D eigenvalue weighted by atomic mass is 127. The van der Waals surface area contributed by atoms with Crippen LogP contribution in [0.1, 0.15) is 29.8 Å². The van der Waals surface area contributed by atoms with E-state index < -0.39 is 0 Å². The van der Waals surface area contributed by atoms with Crippen molar-refractivity contribution >= 4 is 41.9 Å². The van der Waals surface area contributed by atoms with Gasteiger partial charge in [-0.05, 0) is 31.5 Å². The number of rotatable bonds is 5. The maximum atomic E-state index is 12.0. The molecule has 0 bridgehead atoms. The number of nitrogens with one attached hydrogen (secondary N) is 2. The number of nitrogens with zero attached hydrogens (tertiary/aromatic N) is 3. The number of carbonyl (C=O) groups is 2. The highest BCUT2D eigenvalue weighted by Gasteiger charge is 2.23. The van der Waals surface area contributed by atoms with Gasteiger partial charge in [-0.15, -0.1) is 24.0 Å². The SMILES string of the molecule is CCNC(=O)c1cccc(CNC(=NC)N2CCN(C(=O)OCC)CC2)c1.I. The minimum Gasteiger partial charge on any atom is -0.450 e. The Morgan fingerprint density at radius 3 is 2.39 bits per heavy atom. The molecule has 156 valence electrons. The number of hydrogen-bond acceptors (Lipinski definition) is 4. The highest BCUT2D eigenvalue weighted by Crippen LogP contribution is 2.07. The predicted molar refractivity (Wildman–Crippen MR) is 120 cm³/mol.